The van der Waals surface area contributed by atoms with Crippen LogP contribution in [0, 0.1) is 0 Å². The zero-order valence-corrected chi connectivity index (χ0v) is 15.3. The molecule has 1 atom stereocenters. The van der Waals surface area contributed by atoms with Crippen molar-refractivity contribution in [3.63, 3.8) is 0 Å². The van der Waals surface area contributed by atoms with Crippen molar-refractivity contribution in [2.75, 3.05) is 13.2 Å². The van der Waals surface area contributed by atoms with Crippen LogP contribution in [0.25, 0.3) is 10.9 Å². The van der Waals surface area contributed by atoms with E-state index < -0.39 is 0 Å². The van der Waals surface area contributed by atoms with Gasteiger partial charge in [0.05, 0.1) is 19.3 Å². The first-order valence-corrected chi connectivity index (χ1v) is 8.90. The Bertz CT molecular complexity index is 868. The summed E-state index contributed by atoms with van der Waals surface area (Å²) < 4.78 is 11.3. The summed E-state index contributed by atoms with van der Waals surface area (Å²) in [6.45, 7) is 6.95. The second-order valence-electron chi connectivity index (χ2n) is 6.04. The number of aromatic amines is 1. The third kappa shape index (κ3) is 3.82. The molecule has 0 aliphatic heterocycles. The Morgan fingerprint density at radius 3 is 2.50 bits per heavy atom. The molecule has 3 aromatic rings. The van der Waals surface area contributed by atoms with Gasteiger partial charge in [-0.1, -0.05) is 24.3 Å². The molecule has 5 nitrogen and oxygen atoms in total. The third-order valence-corrected chi connectivity index (χ3v) is 4.19. The Balaban J connectivity index is 1.77. The molecule has 0 aliphatic carbocycles. The number of amides is 1. The first-order valence-electron chi connectivity index (χ1n) is 8.90. The van der Waals surface area contributed by atoms with Gasteiger partial charge in [0.2, 0.25) is 0 Å². The fourth-order valence-corrected chi connectivity index (χ4v) is 2.89. The second-order valence-corrected chi connectivity index (χ2v) is 6.04. The summed E-state index contributed by atoms with van der Waals surface area (Å²) in [6, 6.07) is 15.3. The van der Waals surface area contributed by atoms with E-state index in [1.807, 2.05) is 69.3 Å². The lowest BCUT2D eigenvalue weighted by Gasteiger charge is -2.17. The maximum Gasteiger partial charge on any atom is 0.268 e. The highest BCUT2D eigenvalue weighted by atomic mass is 16.5. The summed E-state index contributed by atoms with van der Waals surface area (Å²) in [5.74, 6) is 1.27. The van der Waals surface area contributed by atoms with Gasteiger partial charge in [0.15, 0.2) is 11.5 Å². The van der Waals surface area contributed by atoms with E-state index in [2.05, 4.69) is 10.3 Å². The van der Waals surface area contributed by atoms with Crippen molar-refractivity contribution in [3.8, 4) is 11.5 Å². The number of fused-ring (bicyclic) bond motifs is 1. The average Bonchev–Trinajstić information content (AvgIpc) is 3.08. The molecule has 3 rings (SSSR count). The molecule has 0 saturated heterocycles. The quantitative estimate of drug-likeness (QED) is 0.660. The normalized spacial score (nSPS) is 12.0. The number of hydrogen-bond donors (Lipinski definition) is 2. The number of hydrogen-bond acceptors (Lipinski definition) is 3. The smallest absolute Gasteiger partial charge is 0.268 e. The number of nitrogens with one attached hydrogen (secondary N) is 2. The van der Waals surface area contributed by atoms with Crippen molar-refractivity contribution in [1.82, 2.24) is 10.3 Å². The van der Waals surface area contributed by atoms with Crippen molar-refractivity contribution in [2.24, 2.45) is 0 Å². The first-order chi connectivity index (χ1) is 12.6. The van der Waals surface area contributed by atoms with Crippen LogP contribution in [0.2, 0.25) is 0 Å². The van der Waals surface area contributed by atoms with Crippen molar-refractivity contribution in [2.45, 2.75) is 26.8 Å². The zero-order chi connectivity index (χ0) is 18.5. The fourth-order valence-electron chi connectivity index (χ4n) is 2.89. The molecular weight excluding hydrogens is 328 g/mol. The molecule has 1 aromatic heterocycles. The predicted octanol–water partition coefficient (Wildman–Crippen LogP) is 4.46. The monoisotopic (exact) mass is 352 g/mol. The molecule has 0 fully saturated rings. The molecule has 1 amide bonds. The van der Waals surface area contributed by atoms with Crippen molar-refractivity contribution in [3.05, 3.63) is 59.8 Å². The lowest BCUT2D eigenvalue weighted by molar-refractivity contribution is 0.0935. The van der Waals surface area contributed by atoms with Crippen LogP contribution in [0.3, 0.4) is 0 Å². The standard InChI is InChI=1S/C21H24N2O3/c1-4-25-19-11-10-15(13-20(19)26-5-2)14(3)22-21(24)18-12-16-8-6-7-9-17(16)23-18/h6-14,23H,4-5H2,1-3H3,(H,22,24)/t14-/m1/s1. The van der Waals surface area contributed by atoms with Crippen LogP contribution in [0.15, 0.2) is 48.5 Å². The van der Waals surface area contributed by atoms with E-state index in [9.17, 15) is 4.79 Å². The number of ether oxygens (including phenoxy) is 2. The topological polar surface area (TPSA) is 63.3 Å². The molecule has 0 radical (unpaired) electrons. The molecule has 0 unspecified atom stereocenters. The molecule has 5 heteroatoms. The number of para-hydroxylation sites is 1. The number of aromatic nitrogens is 1. The van der Waals surface area contributed by atoms with Gasteiger partial charge in [-0.05, 0) is 50.6 Å². The molecular formula is C21H24N2O3. The third-order valence-electron chi connectivity index (χ3n) is 4.19. The summed E-state index contributed by atoms with van der Waals surface area (Å²) in [4.78, 5) is 15.7. The highest BCUT2D eigenvalue weighted by molar-refractivity contribution is 5.98. The number of H-pyrrole nitrogens is 1. The molecule has 0 spiro atoms. The maximum absolute atomic E-state index is 12.6. The van der Waals surface area contributed by atoms with Gasteiger partial charge in [0.1, 0.15) is 5.69 Å². The predicted molar refractivity (Wildman–Crippen MR) is 103 cm³/mol. The Kier molecular flexibility index (Phi) is 5.46. The van der Waals surface area contributed by atoms with Gasteiger partial charge in [-0.2, -0.15) is 0 Å². The van der Waals surface area contributed by atoms with Crippen LogP contribution >= 0.6 is 0 Å². The lowest BCUT2D eigenvalue weighted by Crippen LogP contribution is -2.26. The van der Waals surface area contributed by atoms with Crippen molar-refractivity contribution < 1.29 is 14.3 Å². The molecule has 1 heterocycles. The first kappa shape index (κ1) is 17.9. The molecule has 26 heavy (non-hydrogen) atoms. The van der Waals surface area contributed by atoms with E-state index in [1.54, 1.807) is 0 Å². The van der Waals surface area contributed by atoms with E-state index in [-0.39, 0.29) is 11.9 Å². The zero-order valence-electron chi connectivity index (χ0n) is 15.3. The van der Waals surface area contributed by atoms with Gasteiger partial charge in [-0.25, -0.2) is 0 Å². The highest BCUT2D eigenvalue weighted by Crippen LogP contribution is 2.30. The van der Waals surface area contributed by atoms with Crippen LogP contribution in [0.1, 0.15) is 42.9 Å². The number of benzene rings is 2. The minimum atomic E-state index is -0.163. The summed E-state index contributed by atoms with van der Waals surface area (Å²) in [7, 11) is 0. The van der Waals surface area contributed by atoms with Gasteiger partial charge < -0.3 is 19.8 Å². The molecule has 2 aromatic carbocycles. The summed E-state index contributed by atoms with van der Waals surface area (Å²) in [6.07, 6.45) is 0. The summed E-state index contributed by atoms with van der Waals surface area (Å²) >= 11 is 0. The number of carbonyl (C=O) groups excluding carboxylic acids is 1. The largest absolute Gasteiger partial charge is 0.490 e. The van der Waals surface area contributed by atoms with Gasteiger partial charge in [-0.15, -0.1) is 0 Å². The van der Waals surface area contributed by atoms with E-state index >= 15 is 0 Å². The summed E-state index contributed by atoms with van der Waals surface area (Å²) in [5, 5.41) is 4.05. The van der Waals surface area contributed by atoms with Gasteiger partial charge in [0.25, 0.3) is 5.91 Å². The summed E-state index contributed by atoms with van der Waals surface area (Å²) in [5.41, 5.74) is 2.46. The number of carbonyl (C=O) groups is 1. The molecule has 2 N–H and O–H groups in total. The van der Waals surface area contributed by atoms with Crippen molar-refractivity contribution >= 4 is 16.8 Å². The molecule has 0 saturated carbocycles. The molecule has 0 bridgehead atoms. The molecule has 0 aliphatic rings. The van der Waals surface area contributed by atoms with Crippen LogP contribution < -0.4 is 14.8 Å². The Labute approximate surface area is 153 Å². The fraction of sp³-hybridized carbons (Fsp3) is 0.286. The van der Waals surface area contributed by atoms with Crippen LogP contribution in [-0.4, -0.2) is 24.1 Å². The minimum Gasteiger partial charge on any atom is -0.490 e. The lowest BCUT2D eigenvalue weighted by atomic mass is 10.1. The molecule has 136 valence electrons. The van der Waals surface area contributed by atoms with Crippen LogP contribution in [0.5, 0.6) is 11.5 Å². The van der Waals surface area contributed by atoms with Gasteiger partial charge >= 0.3 is 0 Å². The maximum atomic E-state index is 12.6. The Morgan fingerprint density at radius 1 is 1.04 bits per heavy atom. The van der Waals surface area contributed by atoms with E-state index in [4.69, 9.17) is 9.47 Å². The van der Waals surface area contributed by atoms with E-state index in [1.165, 1.54) is 0 Å². The SMILES string of the molecule is CCOc1ccc([C@@H](C)NC(=O)c2cc3ccccc3[nH]2)cc1OCC. The van der Waals surface area contributed by atoms with E-state index in [0.29, 0.717) is 30.4 Å². The Morgan fingerprint density at radius 2 is 1.77 bits per heavy atom. The highest BCUT2D eigenvalue weighted by Gasteiger charge is 2.15. The Hall–Kier alpha value is -2.95. The second kappa shape index (κ2) is 7.95. The van der Waals surface area contributed by atoms with Gasteiger partial charge in [0, 0.05) is 10.9 Å². The van der Waals surface area contributed by atoms with Crippen LogP contribution in [-0.2, 0) is 0 Å². The average molecular weight is 352 g/mol. The van der Waals surface area contributed by atoms with Crippen LogP contribution in [0.4, 0.5) is 0 Å². The minimum absolute atomic E-state index is 0.138. The van der Waals surface area contributed by atoms with Gasteiger partial charge in [-0.3, -0.25) is 4.79 Å². The number of rotatable bonds is 7. The van der Waals surface area contributed by atoms with E-state index in [0.717, 1.165) is 16.5 Å². The van der Waals surface area contributed by atoms with Crippen molar-refractivity contribution in [1.29, 1.82) is 0 Å².